The molecule has 0 spiro atoms. The van der Waals surface area contributed by atoms with E-state index in [0.29, 0.717) is 5.92 Å². The lowest BCUT2D eigenvalue weighted by Gasteiger charge is -2.30. The number of amides is 1. The second-order valence-corrected chi connectivity index (χ2v) is 7.73. The van der Waals surface area contributed by atoms with Gasteiger partial charge in [-0.05, 0) is 55.7 Å². The number of aromatic nitrogens is 4. The number of hydrogen-bond acceptors (Lipinski definition) is 3. The van der Waals surface area contributed by atoms with Crippen LogP contribution in [0.1, 0.15) is 27.2 Å². The van der Waals surface area contributed by atoms with E-state index in [2.05, 4.69) is 42.1 Å². The van der Waals surface area contributed by atoms with E-state index >= 15 is 0 Å². The minimum absolute atomic E-state index is 0.0127. The van der Waals surface area contributed by atoms with E-state index in [1.807, 2.05) is 53.6 Å². The molecule has 6 nitrogen and oxygen atoms in total. The number of carbonyl (C=O) groups is 1. The summed E-state index contributed by atoms with van der Waals surface area (Å²) in [6, 6.07) is 15.9. The first-order chi connectivity index (χ1) is 13.5. The van der Waals surface area contributed by atoms with E-state index in [4.69, 9.17) is 0 Å². The third kappa shape index (κ3) is 3.50. The van der Waals surface area contributed by atoms with Crippen LogP contribution in [0.15, 0.2) is 54.7 Å². The van der Waals surface area contributed by atoms with Crippen LogP contribution in [0.4, 0.5) is 5.69 Å². The van der Waals surface area contributed by atoms with Crippen molar-refractivity contribution in [2.75, 3.05) is 4.90 Å². The molecule has 4 aromatic rings. The molecule has 0 bridgehead atoms. The molecule has 2 heterocycles. The van der Waals surface area contributed by atoms with Gasteiger partial charge in [0.05, 0.1) is 5.52 Å². The Bertz CT molecular complexity index is 1110. The largest absolute Gasteiger partial charge is 0.361 e. The van der Waals surface area contributed by atoms with Crippen molar-refractivity contribution in [1.82, 2.24) is 20.0 Å². The first-order valence-electron chi connectivity index (χ1n) is 9.70. The molecule has 1 amide bonds. The number of nitrogens with one attached hydrogen (secondary N) is 1. The Balaban J connectivity index is 1.68. The summed E-state index contributed by atoms with van der Waals surface area (Å²) in [5.41, 5.74) is 3.64. The zero-order valence-corrected chi connectivity index (χ0v) is 16.5. The van der Waals surface area contributed by atoms with Crippen LogP contribution in [0.3, 0.4) is 0 Å². The van der Waals surface area contributed by atoms with Gasteiger partial charge in [-0.2, -0.15) is 0 Å². The molecule has 1 unspecified atom stereocenters. The van der Waals surface area contributed by atoms with E-state index in [0.717, 1.165) is 34.0 Å². The Morgan fingerprint density at radius 3 is 2.79 bits per heavy atom. The molecule has 0 fully saturated rings. The molecule has 1 atom stereocenters. The first kappa shape index (κ1) is 18.2. The van der Waals surface area contributed by atoms with Crippen LogP contribution >= 0.6 is 0 Å². The van der Waals surface area contributed by atoms with Crippen LogP contribution in [-0.2, 0) is 11.3 Å². The summed E-state index contributed by atoms with van der Waals surface area (Å²) in [6.45, 7) is 6.63. The maximum Gasteiger partial charge on any atom is 0.249 e. The molecule has 1 N–H and O–H groups in total. The van der Waals surface area contributed by atoms with Gasteiger partial charge >= 0.3 is 0 Å². The number of hydrogen-bond donors (Lipinski definition) is 1. The van der Waals surface area contributed by atoms with Crippen LogP contribution in [0.25, 0.3) is 21.9 Å². The predicted octanol–water partition coefficient (Wildman–Crippen LogP) is 4.38. The van der Waals surface area contributed by atoms with Gasteiger partial charge in [0.25, 0.3) is 0 Å². The quantitative estimate of drug-likeness (QED) is 0.544. The predicted molar refractivity (Wildman–Crippen MR) is 112 cm³/mol. The number of para-hydroxylation sites is 1. The van der Waals surface area contributed by atoms with Crippen molar-refractivity contribution in [3.05, 3.63) is 54.7 Å². The normalized spacial score (nSPS) is 12.7. The lowest BCUT2D eigenvalue weighted by molar-refractivity contribution is -0.119. The Hall–Kier alpha value is -3.15. The number of anilines is 1. The van der Waals surface area contributed by atoms with Crippen LogP contribution < -0.4 is 4.90 Å². The minimum Gasteiger partial charge on any atom is -0.361 e. The highest BCUT2D eigenvalue weighted by atomic mass is 16.2. The fourth-order valence-electron chi connectivity index (χ4n) is 3.86. The summed E-state index contributed by atoms with van der Waals surface area (Å²) in [7, 11) is 0. The molecular formula is C22H25N5O. The molecule has 28 heavy (non-hydrogen) atoms. The van der Waals surface area contributed by atoms with Gasteiger partial charge in [0.15, 0.2) is 0 Å². The lowest BCUT2D eigenvalue weighted by Crippen LogP contribution is -2.41. The Kier molecular flexibility index (Phi) is 4.86. The van der Waals surface area contributed by atoms with Gasteiger partial charge in [0.2, 0.25) is 5.91 Å². The Labute approximate surface area is 164 Å². The standard InChI is InChI=1S/C22H25N5O/c1-15(2)12-16(3)27(18-8-9-19-17(13-18)10-11-23-19)22(28)14-26-21-7-5-4-6-20(21)24-25-26/h4-11,13,15-16,23H,12,14H2,1-3H3. The molecule has 2 aromatic carbocycles. The maximum atomic E-state index is 13.4. The SMILES string of the molecule is CC(C)CC(C)N(C(=O)Cn1nnc2ccccc21)c1ccc2[nH]ccc2c1. The highest BCUT2D eigenvalue weighted by Gasteiger charge is 2.24. The van der Waals surface area contributed by atoms with Gasteiger partial charge in [-0.25, -0.2) is 4.68 Å². The van der Waals surface area contributed by atoms with E-state index in [-0.39, 0.29) is 18.5 Å². The fraction of sp³-hybridized carbons (Fsp3) is 0.318. The maximum absolute atomic E-state index is 13.4. The molecule has 4 rings (SSSR count). The Morgan fingerprint density at radius 2 is 1.96 bits per heavy atom. The lowest BCUT2D eigenvalue weighted by atomic mass is 10.0. The van der Waals surface area contributed by atoms with Gasteiger partial charge in [-0.1, -0.05) is 31.2 Å². The summed E-state index contributed by atoms with van der Waals surface area (Å²) < 4.78 is 1.68. The van der Waals surface area contributed by atoms with Crippen molar-refractivity contribution >= 4 is 33.5 Å². The van der Waals surface area contributed by atoms with Crippen molar-refractivity contribution in [1.29, 1.82) is 0 Å². The number of nitrogens with zero attached hydrogens (tertiary/aromatic N) is 4. The fourth-order valence-corrected chi connectivity index (χ4v) is 3.86. The highest BCUT2D eigenvalue weighted by molar-refractivity contribution is 5.96. The van der Waals surface area contributed by atoms with Crippen LogP contribution in [-0.4, -0.2) is 31.9 Å². The number of fused-ring (bicyclic) bond motifs is 2. The van der Waals surface area contributed by atoms with E-state index < -0.39 is 0 Å². The average molecular weight is 375 g/mol. The molecule has 2 aromatic heterocycles. The number of rotatable bonds is 6. The second kappa shape index (κ2) is 7.46. The van der Waals surface area contributed by atoms with Crippen molar-refractivity contribution in [2.45, 2.75) is 39.8 Å². The summed E-state index contributed by atoms with van der Waals surface area (Å²) >= 11 is 0. The van der Waals surface area contributed by atoms with E-state index in [1.165, 1.54) is 0 Å². The van der Waals surface area contributed by atoms with Crippen LogP contribution in [0.5, 0.6) is 0 Å². The van der Waals surface area contributed by atoms with Gasteiger partial charge < -0.3 is 9.88 Å². The third-order valence-electron chi connectivity index (χ3n) is 5.04. The summed E-state index contributed by atoms with van der Waals surface area (Å²) in [6.07, 6.45) is 2.84. The van der Waals surface area contributed by atoms with Crippen molar-refractivity contribution < 1.29 is 4.79 Å². The van der Waals surface area contributed by atoms with Crippen LogP contribution in [0.2, 0.25) is 0 Å². The monoisotopic (exact) mass is 375 g/mol. The summed E-state index contributed by atoms with van der Waals surface area (Å²) in [4.78, 5) is 18.5. The molecule has 0 aliphatic rings. The molecule has 0 aliphatic carbocycles. The van der Waals surface area contributed by atoms with Crippen molar-refractivity contribution in [2.24, 2.45) is 5.92 Å². The van der Waals surface area contributed by atoms with Gasteiger partial charge in [0, 0.05) is 28.8 Å². The molecular weight excluding hydrogens is 350 g/mol. The highest BCUT2D eigenvalue weighted by Crippen LogP contribution is 2.26. The van der Waals surface area contributed by atoms with E-state index in [1.54, 1.807) is 4.68 Å². The molecule has 0 saturated heterocycles. The number of H-pyrrole nitrogens is 1. The summed E-state index contributed by atoms with van der Waals surface area (Å²) in [5.74, 6) is 0.507. The van der Waals surface area contributed by atoms with Crippen molar-refractivity contribution in [3.63, 3.8) is 0 Å². The number of carbonyl (C=O) groups excluding carboxylic acids is 1. The molecule has 144 valence electrons. The number of benzene rings is 2. The van der Waals surface area contributed by atoms with Gasteiger partial charge in [-0.15, -0.1) is 5.10 Å². The smallest absolute Gasteiger partial charge is 0.249 e. The topological polar surface area (TPSA) is 66.8 Å². The second-order valence-electron chi connectivity index (χ2n) is 7.73. The summed E-state index contributed by atoms with van der Waals surface area (Å²) in [5, 5.41) is 9.45. The van der Waals surface area contributed by atoms with Gasteiger partial charge in [0.1, 0.15) is 12.1 Å². The van der Waals surface area contributed by atoms with Gasteiger partial charge in [-0.3, -0.25) is 4.79 Å². The average Bonchev–Trinajstić information content (AvgIpc) is 3.28. The number of aromatic amines is 1. The molecule has 6 heteroatoms. The zero-order valence-electron chi connectivity index (χ0n) is 16.5. The Morgan fingerprint density at radius 1 is 1.14 bits per heavy atom. The molecule has 0 saturated carbocycles. The third-order valence-corrected chi connectivity index (χ3v) is 5.04. The van der Waals surface area contributed by atoms with E-state index in [9.17, 15) is 4.79 Å². The van der Waals surface area contributed by atoms with Crippen molar-refractivity contribution in [3.8, 4) is 0 Å². The van der Waals surface area contributed by atoms with Crippen LogP contribution in [0, 0.1) is 5.92 Å². The first-order valence-corrected chi connectivity index (χ1v) is 9.70. The molecule has 0 radical (unpaired) electrons. The zero-order chi connectivity index (χ0) is 19.7. The minimum atomic E-state index is 0.0127. The molecule has 0 aliphatic heterocycles.